The van der Waals surface area contributed by atoms with E-state index in [1.165, 1.54) is 23.1 Å². The minimum Gasteiger partial charge on any atom is -0.337 e. The van der Waals surface area contributed by atoms with Gasteiger partial charge in [-0.05, 0) is 24.3 Å². The molecular formula is C15H19N5O2S2. The number of thiophene rings is 1. The van der Waals surface area contributed by atoms with Crippen LogP contribution in [0.2, 0.25) is 0 Å². The summed E-state index contributed by atoms with van der Waals surface area (Å²) in [5.74, 6) is 0.792. The Kier molecular flexibility index (Phi) is 5.86. The molecule has 0 aliphatic carbocycles. The summed E-state index contributed by atoms with van der Waals surface area (Å²) in [6, 6.07) is 3.64. The van der Waals surface area contributed by atoms with E-state index in [0.717, 1.165) is 28.5 Å². The van der Waals surface area contributed by atoms with Crippen molar-refractivity contribution in [3.8, 4) is 0 Å². The fourth-order valence-electron chi connectivity index (χ4n) is 2.68. The van der Waals surface area contributed by atoms with Gasteiger partial charge in [-0.2, -0.15) is 10.3 Å². The lowest BCUT2D eigenvalue weighted by Gasteiger charge is -2.31. The molecule has 1 aliphatic heterocycles. The molecule has 24 heavy (non-hydrogen) atoms. The van der Waals surface area contributed by atoms with E-state index >= 15 is 0 Å². The van der Waals surface area contributed by atoms with E-state index in [9.17, 15) is 9.59 Å². The molecule has 2 aromatic rings. The fraction of sp³-hybridized carbons (Fsp3) is 0.467. The van der Waals surface area contributed by atoms with Gasteiger partial charge in [0.25, 0.3) is 0 Å². The second-order valence-electron chi connectivity index (χ2n) is 5.52. The molecule has 1 fully saturated rings. The van der Waals surface area contributed by atoms with Gasteiger partial charge in [-0.1, -0.05) is 6.07 Å². The quantitative estimate of drug-likeness (QED) is 0.465. The molecule has 0 spiro atoms. The molecule has 2 N–H and O–H groups in total. The standard InChI is InChI=1S/C15H19N5O2S2/c21-14(12-4-2-7-23-12)11-3-1-6-20(10-11)15(22)16-5-8-24-13-9-17-19-18-13/h2,4,7,9,11H,1,3,5-6,8,10H2,(H,16,22)(H,17,18,19). The summed E-state index contributed by atoms with van der Waals surface area (Å²) in [6.07, 6.45) is 3.36. The molecule has 1 saturated heterocycles. The number of urea groups is 1. The first-order chi connectivity index (χ1) is 11.7. The molecule has 1 unspecified atom stereocenters. The Balaban J connectivity index is 1.43. The number of aromatic nitrogens is 3. The minimum absolute atomic E-state index is 0.0901. The average molecular weight is 365 g/mol. The predicted molar refractivity (Wildman–Crippen MR) is 93.5 cm³/mol. The van der Waals surface area contributed by atoms with Crippen molar-refractivity contribution in [3.63, 3.8) is 0 Å². The molecule has 0 aromatic carbocycles. The topological polar surface area (TPSA) is 91.0 Å². The van der Waals surface area contributed by atoms with Crippen molar-refractivity contribution in [1.29, 1.82) is 0 Å². The molecule has 3 heterocycles. The summed E-state index contributed by atoms with van der Waals surface area (Å²) in [4.78, 5) is 27.3. The number of carbonyl (C=O) groups is 2. The number of Topliss-reactive ketones (excluding diaryl/α,β-unsaturated/α-hetero) is 1. The lowest BCUT2D eigenvalue weighted by molar-refractivity contribution is 0.0850. The Morgan fingerprint density at radius 3 is 3.17 bits per heavy atom. The smallest absolute Gasteiger partial charge is 0.317 e. The van der Waals surface area contributed by atoms with Gasteiger partial charge in [0.05, 0.1) is 11.1 Å². The van der Waals surface area contributed by atoms with Crippen molar-refractivity contribution in [3.05, 3.63) is 28.6 Å². The Labute approximate surface area is 148 Å². The van der Waals surface area contributed by atoms with Gasteiger partial charge in [-0.25, -0.2) is 4.79 Å². The maximum Gasteiger partial charge on any atom is 0.317 e. The van der Waals surface area contributed by atoms with Crippen molar-refractivity contribution in [1.82, 2.24) is 25.6 Å². The number of nitrogens with zero attached hydrogens (tertiary/aromatic N) is 3. The first-order valence-corrected chi connectivity index (χ1v) is 9.69. The zero-order chi connectivity index (χ0) is 16.8. The summed E-state index contributed by atoms with van der Waals surface area (Å²) in [5, 5.41) is 15.9. The van der Waals surface area contributed by atoms with Crippen LogP contribution in [0.3, 0.4) is 0 Å². The van der Waals surface area contributed by atoms with Crippen LogP contribution in [0, 0.1) is 5.92 Å². The average Bonchev–Trinajstić information content (AvgIpc) is 3.31. The van der Waals surface area contributed by atoms with Crippen LogP contribution >= 0.6 is 23.1 Å². The highest BCUT2D eigenvalue weighted by Crippen LogP contribution is 2.23. The minimum atomic E-state index is -0.0977. The van der Waals surface area contributed by atoms with Crippen LogP contribution in [0.15, 0.2) is 28.7 Å². The van der Waals surface area contributed by atoms with Crippen molar-refractivity contribution >= 4 is 34.9 Å². The lowest BCUT2D eigenvalue weighted by atomic mass is 9.93. The normalized spacial score (nSPS) is 17.7. The number of rotatable bonds is 6. The number of thioether (sulfide) groups is 1. The number of hydrogen-bond acceptors (Lipinski definition) is 6. The number of likely N-dealkylation sites (tertiary alicyclic amines) is 1. The third kappa shape index (κ3) is 4.35. The number of carbonyl (C=O) groups excluding carboxylic acids is 2. The van der Waals surface area contributed by atoms with E-state index in [4.69, 9.17) is 0 Å². The van der Waals surface area contributed by atoms with E-state index in [1.54, 1.807) is 11.1 Å². The molecule has 1 aliphatic rings. The summed E-state index contributed by atoms with van der Waals surface area (Å²) in [6.45, 7) is 1.76. The monoisotopic (exact) mass is 365 g/mol. The van der Waals surface area contributed by atoms with Gasteiger partial charge in [0.15, 0.2) is 5.78 Å². The number of H-pyrrole nitrogens is 1. The van der Waals surface area contributed by atoms with Crippen LogP contribution < -0.4 is 5.32 Å². The van der Waals surface area contributed by atoms with Crippen LogP contribution in [0.5, 0.6) is 0 Å². The summed E-state index contributed by atoms with van der Waals surface area (Å²) in [5.41, 5.74) is 0. The molecule has 0 radical (unpaired) electrons. The Bertz CT molecular complexity index is 659. The van der Waals surface area contributed by atoms with Gasteiger partial charge in [0.2, 0.25) is 0 Å². The van der Waals surface area contributed by atoms with Crippen LogP contribution in [0.25, 0.3) is 0 Å². The number of ketones is 1. The fourth-order valence-corrected chi connectivity index (χ4v) is 4.07. The number of aromatic amines is 1. The molecule has 7 nitrogen and oxygen atoms in total. The molecule has 2 amide bonds. The second-order valence-corrected chi connectivity index (χ2v) is 7.58. The SMILES string of the molecule is O=C(c1cccs1)C1CCCN(C(=O)NCCSc2cn[nH]n2)C1. The Hall–Kier alpha value is -1.87. The van der Waals surface area contributed by atoms with Crippen LogP contribution in [0.1, 0.15) is 22.5 Å². The summed E-state index contributed by atoms with van der Waals surface area (Å²) < 4.78 is 0. The molecule has 0 saturated carbocycles. The third-order valence-corrected chi connectivity index (χ3v) is 5.65. The van der Waals surface area contributed by atoms with E-state index in [1.807, 2.05) is 17.5 Å². The highest BCUT2D eigenvalue weighted by molar-refractivity contribution is 7.99. The van der Waals surface area contributed by atoms with Gasteiger partial charge in [-0.15, -0.1) is 28.2 Å². The van der Waals surface area contributed by atoms with Crippen molar-refractivity contribution < 1.29 is 9.59 Å². The molecule has 9 heteroatoms. The zero-order valence-electron chi connectivity index (χ0n) is 13.1. The zero-order valence-corrected chi connectivity index (χ0v) is 14.7. The Morgan fingerprint density at radius 2 is 2.42 bits per heavy atom. The van der Waals surface area contributed by atoms with Crippen LogP contribution in [-0.4, -0.2) is 57.5 Å². The highest BCUT2D eigenvalue weighted by atomic mass is 32.2. The number of amides is 2. The van der Waals surface area contributed by atoms with Crippen molar-refractivity contribution in [2.24, 2.45) is 5.92 Å². The van der Waals surface area contributed by atoms with E-state index in [-0.39, 0.29) is 17.7 Å². The van der Waals surface area contributed by atoms with Crippen LogP contribution in [0.4, 0.5) is 4.79 Å². The first-order valence-electron chi connectivity index (χ1n) is 7.83. The lowest BCUT2D eigenvalue weighted by Crippen LogP contribution is -2.47. The highest BCUT2D eigenvalue weighted by Gasteiger charge is 2.29. The first kappa shape index (κ1) is 17.0. The van der Waals surface area contributed by atoms with Gasteiger partial charge in [0.1, 0.15) is 5.03 Å². The molecule has 2 aromatic heterocycles. The van der Waals surface area contributed by atoms with Gasteiger partial charge in [-0.3, -0.25) is 4.79 Å². The number of nitrogens with one attached hydrogen (secondary N) is 2. The van der Waals surface area contributed by atoms with E-state index < -0.39 is 0 Å². The van der Waals surface area contributed by atoms with Crippen molar-refractivity contribution in [2.75, 3.05) is 25.4 Å². The predicted octanol–water partition coefficient (Wildman–Crippen LogP) is 2.26. The molecule has 0 bridgehead atoms. The van der Waals surface area contributed by atoms with Crippen LogP contribution in [-0.2, 0) is 0 Å². The number of piperidine rings is 1. The molecule has 128 valence electrons. The summed E-state index contributed by atoms with van der Waals surface area (Å²) >= 11 is 2.99. The number of hydrogen-bond donors (Lipinski definition) is 2. The van der Waals surface area contributed by atoms with Crippen molar-refractivity contribution in [2.45, 2.75) is 17.9 Å². The Morgan fingerprint density at radius 1 is 1.50 bits per heavy atom. The van der Waals surface area contributed by atoms with Gasteiger partial charge >= 0.3 is 6.03 Å². The van der Waals surface area contributed by atoms with Gasteiger partial charge in [0, 0.05) is 31.3 Å². The molecular weight excluding hydrogens is 346 g/mol. The van der Waals surface area contributed by atoms with E-state index in [0.29, 0.717) is 19.6 Å². The maximum atomic E-state index is 12.5. The molecule has 3 rings (SSSR count). The molecule has 1 atom stereocenters. The summed E-state index contributed by atoms with van der Waals surface area (Å²) in [7, 11) is 0. The largest absolute Gasteiger partial charge is 0.337 e. The second kappa shape index (κ2) is 8.29. The third-order valence-electron chi connectivity index (χ3n) is 3.86. The van der Waals surface area contributed by atoms with Gasteiger partial charge < -0.3 is 10.2 Å². The van der Waals surface area contributed by atoms with E-state index in [2.05, 4.69) is 20.7 Å². The maximum absolute atomic E-state index is 12.5.